The molecule has 0 unspecified atom stereocenters. The van der Waals surface area contributed by atoms with Gasteiger partial charge in [0.25, 0.3) is 5.91 Å². The van der Waals surface area contributed by atoms with E-state index in [4.69, 9.17) is 4.74 Å². The lowest BCUT2D eigenvalue weighted by atomic mass is 9.95. The molecule has 24 heavy (non-hydrogen) atoms. The van der Waals surface area contributed by atoms with E-state index in [-0.39, 0.29) is 5.91 Å². The summed E-state index contributed by atoms with van der Waals surface area (Å²) in [6.07, 6.45) is 1.25. The molecule has 0 saturated carbocycles. The average molecular weight is 328 g/mol. The fourth-order valence-corrected chi connectivity index (χ4v) is 2.88. The van der Waals surface area contributed by atoms with Crippen LogP contribution in [0.25, 0.3) is 10.9 Å². The Morgan fingerprint density at radius 3 is 2.58 bits per heavy atom. The Morgan fingerprint density at radius 1 is 1.25 bits per heavy atom. The largest absolute Gasteiger partial charge is 0.467 e. The van der Waals surface area contributed by atoms with E-state index in [0.29, 0.717) is 17.7 Å². The van der Waals surface area contributed by atoms with Gasteiger partial charge in [-0.25, -0.2) is 4.79 Å². The van der Waals surface area contributed by atoms with Crippen molar-refractivity contribution in [2.24, 2.45) is 0 Å². The number of benzene rings is 1. The van der Waals surface area contributed by atoms with Gasteiger partial charge in [0.15, 0.2) is 0 Å². The third-order valence-corrected chi connectivity index (χ3v) is 4.18. The minimum absolute atomic E-state index is 0.315. The topological polar surface area (TPSA) is 68.3 Å². The molecule has 1 N–H and O–H groups in total. The van der Waals surface area contributed by atoms with Gasteiger partial charge in [-0.1, -0.05) is 25.0 Å². The maximum absolute atomic E-state index is 12.7. The van der Waals surface area contributed by atoms with Crippen molar-refractivity contribution >= 4 is 22.8 Å². The fraction of sp³-hybridized carbons (Fsp3) is 0.421. The number of rotatable bonds is 5. The molecule has 0 bridgehead atoms. The summed E-state index contributed by atoms with van der Waals surface area (Å²) in [6, 6.07) is 7.74. The van der Waals surface area contributed by atoms with Gasteiger partial charge in [0, 0.05) is 5.39 Å². The Balaban J connectivity index is 2.39. The smallest absolute Gasteiger partial charge is 0.331 e. The number of hydrogen-bond acceptors (Lipinski definition) is 4. The molecule has 1 atom stereocenters. The molecule has 0 aliphatic rings. The minimum Gasteiger partial charge on any atom is -0.467 e. The zero-order valence-electron chi connectivity index (χ0n) is 14.9. The van der Waals surface area contributed by atoms with Gasteiger partial charge in [0.05, 0.1) is 23.9 Å². The highest BCUT2D eigenvalue weighted by Crippen LogP contribution is 2.20. The molecule has 0 spiro atoms. The van der Waals surface area contributed by atoms with Crippen LogP contribution in [-0.4, -0.2) is 29.5 Å². The van der Waals surface area contributed by atoms with Crippen molar-refractivity contribution in [3.63, 3.8) is 0 Å². The second-order valence-corrected chi connectivity index (χ2v) is 6.35. The van der Waals surface area contributed by atoms with Crippen molar-refractivity contribution < 1.29 is 14.3 Å². The van der Waals surface area contributed by atoms with Crippen LogP contribution in [0, 0.1) is 13.8 Å². The first-order valence-corrected chi connectivity index (χ1v) is 8.09. The first kappa shape index (κ1) is 17.9. The van der Waals surface area contributed by atoms with Gasteiger partial charge in [-0.3, -0.25) is 9.78 Å². The van der Waals surface area contributed by atoms with Crippen molar-refractivity contribution in [1.82, 2.24) is 10.3 Å². The molecule has 5 nitrogen and oxygen atoms in total. The number of carbonyl (C=O) groups excluding carboxylic acids is 2. The molecular formula is C19H24N2O3. The van der Waals surface area contributed by atoms with Crippen molar-refractivity contribution in [2.75, 3.05) is 7.11 Å². The summed E-state index contributed by atoms with van der Waals surface area (Å²) in [5.41, 5.74) is 2.00. The molecule has 1 aromatic heterocycles. The average Bonchev–Trinajstić information content (AvgIpc) is 2.53. The quantitative estimate of drug-likeness (QED) is 0.855. The highest BCUT2D eigenvalue weighted by Gasteiger charge is 2.35. The third-order valence-electron chi connectivity index (χ3n) is 4.18. The summed E-state index contributed by atoms with van der Waals surface area (Å²) in [7, 11) is 1.33. The van der Waals surface area contributed by atoms with Crippen LogP contribution in [0.3, 0.4) is 0 Å². The zero-order chi connectivity index (χ0) is 17.9. The van der Waals surface area contributed by atoms with E-state index in [9.17, 15) is 9.59 Å². The van der Waals surface area contributed by atoms with Crippen LogP contribution in [-0.2, 0) is 9.53 Å². The van der Waals surface area contributed by atoms with E-state index in [1.54, 1.807) is 13.8 Å². The van der Waals surface area contributed by atoms with Crippen LogP contribution in [0.4, 0.5) is 0 Å². The van der Waals surface area contributed by atoms with Crippen molar-refractivity contribution in [3.05, 3.63) is 41.1 Å². The molecule has 1 amide bonds. The summed E-state index contributed by atoms with van der Waals surface area (Å²) in [5, 5.41) is 3.73. The van der Waals surface area contributed by atoms with E-state index in [1.165, 1.54) is 7.11 Å². The number of amides is 1. The number of methoxy groups -OCH3 is 1. The van der Waals surface area contributed by atoms with Gasteiger partial charge in [0.1, 0.15) is 5.54 Å². The minimum atomic E-state index is -1.05. The molecule has 0 aliphatic carbocycles. The van der Waals surface area contributed by atoms with Gasteiger partial charge < -0.3 is 10.1 Å². The molecule has 2 aromatic rings. The molecule has 1 heterocycles. The van der Waals surface area contributed by atoms with Crippen LogP contribution < -0.4 is 5.32 Å². The van der Waals surface area contributed by atoms with Crippen LogP contribution in [0.1, 0.15) is 48.3 Å². The standard InChI is InChI=1S/C19H24N2O3/c1-6-9-19(4,18(23)24-5)21-17(22)15-11-14-10-12(2)7-8-16(14)20-13(15)3/h7-8,10-11H,6,9H2,1-5H3,(H,21,22)/t19-/m1/s1. The van der Waals surface area contributed by atoms with Crippen LogP contribution in [0.2, 0.25) is 0 Å². The number of nitrogens with one attached hydrogen (secondary N) is 1. The Morgan fingerprint density at radius 2 is 1.96 bits per heavy atom. The predicted octanol–water partition coefficient (Wildman–Crippen LogP) is 3.31. The Kier molecular flexibility index (Phi) is 5.22. The van der Waals surface area contributed by atoms with Crippen molar-refractivity contribution in [2.45, 2.75) is 46.1 Å². The van der Waals surface area contributed by atoms with Gasteiger partial charge >= 0.3 is 5.97 Å². The molecule has 2 rings (SSSR count). The second-order valence-electron chi connectivity index (χ2n) is 6.35. The Hall–Kier alpha value is -2.43. The van der Waals surface area contributed by atoms with E-state index in [0.717, 1.165) is 22.9 Å². The molecule has 0 fully saturated rings. The number of carbonyl (C=O) groups is 2. The second kappa shape index (κ2) is 6.99. The summed E-state index contributed by atoms with van der Waals surface area (Å²) in [5.74, 6) is -0.760. The van der Waals surface area contributed by atoms with E-state index >= 15 is 0 Å². The molecule has 5 heteroatoms. The number of hydrogen-bond donors (Lipinski definition) is 1. The Bertz CT molecular complexity index is 786. The lowest BCUT2D eigenvalue weighted by Gasteiger charge is -2.27. The van der Waals surface area contributed by atoms with E-state index in [1.807, 2.05) is 38.1 Å². The van der Waals surface area contributed by atoms with Gasteiger partial charge in [0.2, 0.25) is 0 Å². The van der Waals surface area contributed by atoms with Crippen LogP contribution in [0.15, 0.2) is 24.3 Å². The normalized spacial score (nSPS) is 13.4. The number of fused-ring (bicyclic) bond motifs is 1. The molecule has 0 radical (unpaired) electrons. The molecule has 128 valence electrons. The highest BCUT2D eigenvalue weighted by molar-refractivity contribution is 6.01. The number of aromatic nitrogens is 1. The number of pyridine rings is 1. The highest BCUT2D eigenvalue weighted by atomic mass is 16.5. The number of esters is 1. The first-order valence-electron chi connectivity index (χ1n) is 8.09. The van der Waals surface area contributed by atoms with Gasteiger partial charge in [-0.15, -0.1) is 0 Å². The van der Waals surface area contributed by atoms with Crippen LogP contribution >= 0.6 is 0 Å². The zero-order valence-corrected chi connectivity index (χ0v) is 14.9. The summed E-state index contributed by atoms with van der Waals surface area (Å²) in [4.78, 5) is 29.3. The van der Waals surface area contributed by atoms with Crippen molar-refractivity contribution in [1.29, 1.82) is 0 Å². The van der Waals surface area contributed by atoms with Crippen LogP contribution in [0.5, 0.6) is 0 Å². The predicted molar refractivity (Wildman–Crippen MR) is 94.0 cm³/mol. The maximum atomic E-state index is 12.7. The SMILES string of the molecule is CCC[C@@](C)(NC(=O)c1cc2cc(C)ccc2nc1C)C(=O)OC. The van der Waals surface area contributed by atoms with Crippen molar-refractivity contribution in [3.8, 4) is 0 Å². The Labute approximate surface area is 142 Å². The molecule has 0 saturated heterocycles. The first-order chi connectivity index (χ1) is 11.3. The monoisotopic (exact) mass is 328 g/mol. The van der Waals surface area contributed by atoms with Gasteiger partial charge in [-0.2, -0.15) is 0 Å². The molecular weight excluding hydrogens is 304 g/mol. The summed E-state index contributed by atoms with van der Waals surface area (Å²) < 4.78 is 4.85. The summed E-state index contributed by atoms with van der Waals surface area (Å²) in [6.45, 7) is 7.44. The number of aryl methyl sites for hydroxylation is 2. The summed E-state index contributed by atoms with van der Waals surface area (Å²) >= 11 is 0. The maximum Gasteiger partial charge on any atom is 0.331 e. The number of ether oxygens (including phenoxy) is 1. The van der Waals surface area contributed by atoms with E-state index < -0.39 is 11.5 Å². The van der Waals surface area contributed by atoms with Gasteiger partial charge in [-0.05, 0) is 45.4 Å². The molecule has 0 aliphatic heterocycles. The lowest BCUT2D eigenvalue weighted by molar-refractivity contribution is -0.147. The lowest BCUT2D eigenvalue weighted by Crippen LogP contribution is -2.52. The van der Waals surface area contributed by atoms with E-state index in [2.05, 4.69) is 10.3 Å². The number of nitrogens with zero attached hydrogens (tertiary/aromatic N) is 1. The fourth-order valence-electron chi connectivity index (χ4n) is 2.88. The molecule has 1 aromatic carbocycles. The third kappa shape index (κ3) is 3.55.